The van der Waals surface area contributed by atoms with Crippen LogP contribution in [0.15, 0.2) is 54.2 Å². The average Bonchev–Trinajstić information content (AvgIpc) is 3.34. The third-order valence-electron chi connectivity index (χ3n) is 5.56. The highest BCUT2D eigenvalue weighted by Gasteiger charge is 2.43. The van der Waals surface area contributed by atoms with Crippen LogP contribution in [0, 0.1) is 12.8 Å². The molecule has 0 aromatic heterocycles. The average molecular weight is 405 g/mol. The molecule has 156 valence electrons. The lowest BCUT2D eigenvalue weighted by molar-refractivity contribution is -0.120. The van der Waals surface area contributed by atoms with Gasteiger partial charge in [-0.25, -0.2) is 4.90 Å². The maximum absolute atomic E-state index is 13.5. The number of para-hydroxylation sites is 1. The third kappa shape index (κ3) is 3.72. The van der Waals surface area contributed by atoms with Crippen molar-refractivity contribution in [2.45, 2.75) is 33.6 Å². The Balaban J connectivity index is 1.73. The fourth-order valence-electron chi connectivity index (χ4n) is 4.03. The van der Waals surface area contributed by atoms with E-state index >= 15 is 0 Å². The van der Waals surface area contributed by atoms with Crippen LogP contribution in [0.3, 0.4) is 0 Å². The maximum atomic E-state index is 13.5. The van der Waals surface area contributed by atoms with Crippen LogP contribution in [-0.2, 0) is 9.59 Å². The van der Waals surface area contributed by atoms with E-state index in [1.807, 2.05) is 55.5 Å². The molecule has 0 atom stereocenters. The lowest BCUT2D eigenvalue weighted by Crippen LogP contribution is -2.34. The van der Waals surface area contributed by atoms with Crippen molar-refractivity contribution >= 4 is 23.1 Å². The van der Waals surface area contributed by atoms with Gasteiger partial charge in [0.1, 0.15) is 11.4 Å². The fourth-order valence-corrected chi connectivity index (χ4v) is 4.03. The topological polar surface area (TPSA) is 49.9 Å². The van der Waals surface area contributed by atoms with Gasteiger partial charge < -0.3 is 9.64 Å². The van der Waals surface area contributed by atoms with Crippen molar-refractivity contribution in [3.63, 3.8) is 0 Å². The molecule has 2 aliphatic rings. The lowest BCUT2D eigenvalue weighted by atomic mass is 10.0. The van der Waals surface area contributed by atoms with Gasteiger partial charge in [-0.1, -0.05) is 44.2 Å². The minimum absolute atomic E-state index is 0.230. The van der Waals surface area contributed by atoms with Crippen molar-refractivity contribution in [2.24, 2.45) is 5.92 Å². The maximum Gasteiger partial charge on any atom is 0.282 e. The molecule has 2 aromatic rings. The summed E-state index contributed by atoms with van der Waals surface area (Å²) in [4.78, 5) is 30.4. The highest BCUT2D eigenvalue weighted by molar-refractivity contribution is 6.45. The van der Waals surface area contributed by atoms with E-state index in [0.717, 1.165) is 42.8 Å². The molecule has 0 N–H and O–H groups in total. The second kappa shape index (κ2) is 8.34. The molecule has 0 radical (unpaired) electrons. The van der Waals surface area contributed by atoms with E-state index in [9.17, 15) is 9.59 Å². The van der Waals surface area contributed by atoms with Gasteiger partial charge in [0.25, 0.3) is 11.8 Å². The quantitative estimate of drug-likeness (QED) is 0.669. The molecule has 1 fully saturated rings. The Hall–Kier alpha value is -3.08. The predicted octanol–water partition coefficient (Wildman–Crippen LogP) is 4.41. The Labute approximate surface area is 177 Å². The fraction of sp³-hybridized carbons (Fsp3) is 0.360. The molecule has 30 heavy (non-hydrogen) atoms. The van der Waals surface area contributed by atoms with Crippen molar-refractivity contribution in [2.75, 3.05) is 24.6 Å². The number of hydrogen-bond acceptors (Lipinski definition) is 4. The summed E-state index contributed by atoms with van der Waals surface area (Å²) in [5.74, 6) is 0.715. The number of rotatable bonds is 6. The van der Waals surface area contributed by atoms with Gasteiger partial charge in [0.05, 0.1) is 17.9 Å². The standard InChI is InChI=1S/C25H28N2O3/c1-17(2)16-30-20-12-10-19(11-13-20)22-23(26-14-6-7-15-26)25(29)27(24(22)28)21-9-5-4-8-18(21)3/h4-5,8-13,17H,6-7,14-16H2,1-3H3. The Morgan fingerprint density at radius 1 is 0.933 bits per heavy atom. The molecule has 2 amide bonds. The van der Waals surface area contributed by atoms with Crippen molar-refractivity contribution < 1.29 is 14.3 Å². The van der Waals surface area contributed by atoms with Gasteiger partial charge in [0, 0.05) is 13.1 Å². The Kier molecular flexibility index (Phi) is 5.62. The molecule has 5 heteroatoms. The van der Waals surface area contributed by atoms with E-state index in [-0.39, 0.29) is 11.8 Å². The third-order valence-corrected chi connectivity index (χ3v) is 5.56. The number of amides is 2. The second-order valence-corrected chi connectivity index (χ2v) is 8.38. The molecule has 2 heterocycles. The van der Waals surface area contributed by atoms with Crippen LogP contribution in [0.1, 0.15) is 37.8 Å². The molecular formula is C25H28N2O3. The number of aryl methyl sites for hydroxylation is 1. The highest BCUT2D eigenvalue weighted by Crippen LogP contribution is 2.37. The van der Waals surface area contributed by atoms with Crippen LogP contribution in [0.25, 0.3) is 5.57 Å². The summed E-state index contributed by atoms with van der Waals surface area (Å²) in [5.41, 5.74) is 3.31. The second-order valence-electron chi connectivity index (χ2n) is 8.38. The number of ether oxygens (including phenoxy) is 1. The van der Waals surface area contributed by atoms with Gasteiger partial charge in [-0.05, 0) is 55.0 Å². The number of carbonyl (C=O) groups excluding carboxylic acids is 2. The van der Waals surface area contributed by atoms with Crippen LogP contribution < -0.4 is 9.64 Å². The summed E-state index contributed by atoms with van der Waals surface area (Å²) in [6.45, 7) is 8.36. The van der Waals surface area contributed by atoms with Gasteiger partial charge in [-0.3, -0.25) is 9.59 Å². The van der Waals surface area contributed by atoms with Crippen molar-refractivity contribution in [1.29, 1.82) is 0 Å². The van der Waals surface area contributed by atoms with E-state index in [4.69, 9.17) is 4.74 Å². The molecule has 2 aromatic carbocycles. The van der Waals surface area contributed by atoms with Crippen molar-refractivity contribution in [3.05, 3.63) is 65.4 Å². The van der Waals surface area contributed by atoms with Gasteiger partial charge in [-0.15, -0.1) is 0 Å². The smallest absolute Gasteiger partial charge is 0.282 e. The lowest BCUT2D eigenvalue weighted by Gasteiger charge is -2.21. The number of carbonyl (C=O) groups is 2. The molecule has 0 unspecified atom stereocenters. The Bertz CT molecular complexity index is 986. The Morgan fingerprint density at radius 3 is 2.23 bits per heavy atom. The monoisotopic (exact) mass is 404 g/mol. The number of nitrogens with zero attached hydrogens (tertiary/aromatic N) is 2. The van der Waals surface area contributed by atoms with Crippen molar-refractivity contribution in [3.8, 4) is 5.75 Å². The van der Waals surface area contributed by atoms with E-state index in [0.29, 0.717) is 29.5 Å². The van der Waals surface area contributed by atoms with E-state index in [1.165, 1.54) is 4.90 Å². The van der Waals surface area contributed by atoms with E-state index in [1.54, 1.807) is 0 Å². The first kappa shape index (κ1) is 20.2. The van der Waals surface area contributed by atoms with Crippen LogP contribution in [0.4, 0.5) is 5.69 Å². The van der Waals surface area contributed by atoms with Gasteiger partial charge in [-0.2, -0.15) is 0 Å². The van der Waals surface area contributed by atoms with Crippen molar-refractivity contribution in [1.82, 2.24) is 4.90 Å². The highest BCUT2D eigenvalue weighted by atomic mass is 16.5. The normalized spacial score (nSPS) is 16.9. The van der Waals surface area contributed by atoms with Gasteiger partial charge in [0.15, 0.2) is 0 Å². The number of anilines is 1. The summed E-state index contributed by atoms with van der Waals surface area (Å²) in [6, 6.07) is 15.0. The number of imide groups is 1. The molecular weight excluding hydrogens is 376 g/mol. The number of benzene rings is 2. The summed E-state index contributed by atoms with van der Waals surface area (Å²) in [5, 5.41) is 0. The molecule has 0 bridgehead atoms. The van der Waals surface area contributed by atoms with Crippen LogP contribution >= 0.6 is 0 Å². The SMILES string of the molecule is Cc1ccccc1N1C(=O)C(c2ccc(OCC(C)C)cc2)=C(N2CCCC2)C1=O. The van der Waals surface area contributed by atoms with E-state index in [2.05, 4.69) is 18.7 Å². The summed E-state index contributed by atoms with van der Waals surface area (Å²) in [7, 11) is 0. The number of hydrogen-bond donors (Lipinski definition) is 0. The first-order chi connectivity index (χ1) is 14.5. The number of likely N-dealkylation sites (tertiary alicyclic amines) is 1. The first-order valence-corrected chi connectivity index (χ1v) is 10.6. The zero-order valence-electron chi connectivity index (χ0n) is 17.9. The Morgan fingerprint density at radius 2 is 1.60 bits per heavy atom. The zero-order valence-corrected chi connectivity index (χ0v) is 17.9. The molecule has 1 saturated heterocycles. The summed E-state index contributed by atoms with van der Waals surface area (Å²) < 4.78 is 5.78. The molecule has 0 aliphatic carbocycles. The predicted molar refractivity (Wildman–Crippen MR) is 118 cm³/mol. The largest absolute Gasteiger partial charge is 0.493 e. The molecule has 5 nitrogen and oxygen atoms in total. The molecule has 4 rings (SSSR count). The minimum Gasteiger partial charge on any atom is -0.493 e. The minimum atomic E-state index is -0.257. The van der Waals surface area contributed by atoms with Crippen LogP contribution in [0.2, 0.25) is 0 Å². The molecule has 0 spiro atoms. The van der Waals surface area contributed by atoms with Gasteiger partial charge in [0.2, 0.25) is 0 Å². The van der Waals surface area contributed by atoms with Crippen LogP contribution in [0.5, 0.6) is 5.75 Å². The molecule has 0 saturated carbocycles. The zero-order chi connectivity index (χ0) is 21.3. The van der Waals surface area contributed by atoms with Gasteiger partial charge >= 0.3 is 0 Å². The summed E-state index contributed by atoms with van der Waals surface area (Å²) >= 11 is 0. The summed E-state index contributed by atoms with van der Waals surface area (Å²) in [6.07, 6.45) is 2.06. The van der Waals surface area contributed by atoms with E-state index < -0.39 is 0 Å². The first-order valence-electron chi connectivity index (χ1n) is 10.6. The van der Waals surface area contributed by atoms with Crippen LogP contribution in [-0.4, -0.2) is 36.4 Å². The molecule has 2 aliphatic heterocycles.